The number of halogens is 1. The lowest BCUT2D eigenvalue weighted by Crippen LogP contribution is -2.46. The number of carbonyl (C=O) groups is 1. The fourth-order valence-electron chi connectivity index (χ4n) is 1.65. The highest BCUT2D eigenvalue weighted by Gasteiger charge is 2.35. The quantitative estimate of drug-likeness (QED) is 0.469. The molecule has 1 heterocycles. The van der Waals surface area contributed by atoms with Crippen LogP contribution in [0.3, 0.4) is 0 Å². The van der Waals surface area contributed by atoms with Crippen molar-refractivity contribution in [3.8, 4) is 0 Å². The maximum atomic E-state index is 11.8. The number of rotatable bonds is 4. The number of hydrogen-bond donors (Lipinski definition) is 0. The van der Waals surface area contributed by atoms with E-state index in [1.807, 2.05) is 6.07 Å². The Balaban J connectivity index is 1.92. The standard InChI is InChI=1S/C13H15IO4/c14-9-13(17-7-4-8-18-13)10-16-12(15)11-5-2-1-3-6-11/h1-3,5-6H,4,7-10H2. The normalized spacial score (nSPS) is 18.3. The number of benzene rings is 1. The zero-order chi connectivity index (χ0) is 12.8. The van der Waals surface area contributed by atoms with Crippen LogP contribution in [0.1, 0.15) is 16.8 Å². The molecule has 0 spiro atoms. The van der Waals surface area contributed by atoms with Gasteiger partial charge in [0.05, 0.1) is 23.2 Å². The van der Waals surface area contributed by atoms with Gasteiger partial charge in [-0.2, -0.15) is 0 Å². The summed E-state index contributed by atoms with van der Waals surface area (Å²) >= 11 is 2.18. The highest BCUT2D eigenvalue weighted by Crippen LogP contribution is 2.22. The lowest BCUT2D eigenvalue weighted by Gasteiger charge is -2.35. The Bertz CT molecular complexity index is 387. The predicted molar refractivity (Wildman–Crippen MR) is 74.9 cm³/mol. The molecule has 0 atom stereocenters. The number of hydrogen-bond acceptors (Lipinski definition) is 4. The van der Waals surface area contributed by atoms with E-state index >= 15 is 0 Å². The first kappa shape index (κ1) is 13.8. The Hall–Kier alpha value is -0.660. The number of carbonyl (C=O) groups excluding carboxylic acids is 1. The van der Waals surface area contributed by atoms with Crippen LogP contribution in [0.15, 0.2) is 30.3 Å². The van der Waals surface area contributed by atoms with Crippen LogP contribution in [0.5, 0.6) is 0 Å². The summed E-state index contributed by atoms with van der Waals surface area (Å²) in [7, 11) is 0. The van der Waals surface area contributed by atoms with Crippen molar-refractivity contribution in [2.45, 2.75) is 12.2 Å². The van der Waals surface area contributed by atoms with Crippen LogP contribution in [0.2, 0.25) is 0 Å². The third-order valence-electron chi connectivity index (χ3n) is 2.66. The molecule has 1 aromatic rings. The van der Waals surface area contributed by atoms with E-state index in [9.17, 15) is 4.79 Å². The first-order valence-electron chi connectivity index (χ1n) is 5.82. The fraction of sp³-hybridized carbons (Fsp3) is 0.462. The molecule has 18 heavy (non-hydrogen) atoms. The van der Waals surface area contributed by atoms with Gasteiger partial charge in [0.2, 0.25) is 5.79 Å². The molecule has 5 heteroatoms. The van der Waals surface area contributed by atoms with E-state index in [-0.39, 0.29) is 12.6 Å². The molecule has 2 rings (SSSR count). The monoisotopic (exact) mass is 362 g/mol. The summed E-state index contributed by atoms with van der Waals surface area (Å²) in [6.07, 6.45) is 0.880. The van der Waals surface area contributed by atoms with Crippen molar-refractivity contribution in [2.24, 2.45) is 0 Å². The number of ether oxygens (including phenoxy) is 3. The van der Waals surface area contributed by atoms with E-state index in [1.165, 1.54) is 0 Å². The van der Waals surface area contributed by atoms with Gasteiger partial charge in [0, 0.05) is 0 Å². The number of alkyl halides is 1. The van der Waals surface area contributed by atoms with E-state index in [0.29, 0.717) is 23.2 Å². The highest BCUT2D eigenvalue weighted by atomic mass is 127. The van der Waals surface area contributed by atoms with Gasteiger partial charge in [-0.25, -0.2) is 4.79 Å². The Labute approximate surface area is 120 Å². The molecule has 1 aromatic carbocycles. The van der Waals surface area contributed by atoms with Gasteiger partial charge in [-0.05, 0) is 18.6 Å². The minimum Gasteiger partial charge on any atom is -0.456 e. The van der Waals surface area contributed by atoms with Crippen molar-refractivity contribution in [1.82, 2.24) is 0 Å². The van der Waals surface area contributed by atoms with Crippen molar-refractivity contribution in [3.63, 3.8) is 0 Å². The molecule has 1 aliphatic heterocycles. The first-order chi connectivity index (χ1) is 8.76. The van der Waals surface area contributed by atoms with Crippen LogP contribution >= 0.6 is 22.6 Å². The molecule has 1 aliphatic rings. The summed E-state index contributed by atoms with van der Waals surface area (Å²) in [5.74, 6) is -1.12. The molecule has 0 saturated carbocycles. The van der Waals surface area contributed by atoms with E-state index in [4.69, 9.17) is 14.2 Å². The van der Waals surface area contributed by atoms with Crippen LogP contribution in [-0.2, 0) is 14.2 Å². The maximum Gasteiger partial charge on any atom is 0.338 e. The van der Waals surface area contributed by atoms with E-state index in [0.717, 1.165) is 6.42 Å². The van der Waals surface area contributed by atoms with Crippen LogP contribution < -0.4 is 0 Å². The van der Waals surface area contributed by atoms with Gasteiger partial charge in [0.15, 0.2) is 0 Å². The summed E-state index contributed by atoms with van der Waals surface area (Å²) in [5, 5.41) is 0. The third kappa shape index (κ3) is 3.43. The van der Waals surface area contributed by atoms with Gasteiger partial charge >= 0.3 is 5.97 Å². The van der Waals surface area contributed by atoms with Crippen LogP contribution in [-0.4, -0.2) is 36.0 Å². The van der Waals surface area contributed by atoms with Crippen molar-refractivity contribution in [3.05, 3.63) is 35.9 Å². The molecular formula is C13H15IO4. The molecule has 98 valence electrons. The molecular weight excluding hydrogens is 347 g/mol. The summed E-state index contributed by atoms with van der Waals surface area (Å²) in [4.78, 5) is 11.8. The molecule has 0 radical (unpaired) electrons. The second kappa shape index (κ2) is 6.49. The van der Waals surface area contributed by atoms with Crippen molar-refractivity contribution < 1.29 is 19.0 Å². The summed E-state index contributed by atoms with van der Waals surface area (Å²) < 4.78 is 17.1. The Morgan fingerprint density at radius 2 is 1.94 bits per heavy atom. The summed E-state index contributed by atoms with van der Waals surface area (Å²) in [5.41, 5.74) is 0.539. The second-order valence-corrected chi connectivity index (χ2v) is 4.80. The van der Waals surface area contributed by atoms with Crippen LogP contribution in [0.25, 0.3) is 0 Å². The zero-order valence-electron chi connectivity index (χ0n) is 9.93. The summed E-state index contributed by atoms with van der Waals surface area (Å²) in [6, 6.07) is 8.91. The van der Waals surface area contributed by atoms with Gasteiger partial charge in [-0.1, -0.05) is 40.8 Å². The predicted octanol–water partition coefficient (Wildman–Crippen LogP) is 2.41. The molecule has 0 N–H and O–H groups in total. The van der Waals surface area contributed by atoms with Crippen LogP contribution in [0, 0.1) is 0 Å². The molecule has 0 amide bonds. The van der Waals surface area contributed by atoms with Crippen molar-refractivity contribution in [1.29, 1.82) is 0 Å². The average Bonchev–Trinajstić information content (AvgIpc) is 2.47. The SMILES string of the molecule is O=C(OCC1(CI)OCCCO1)c1ccccc1. The molecule has 0 aromatic heterocycles. The largest absolute Gasteiger partial charge is 0.456 e. The Morgan fingerprint density at radius 3 is 2.56 bits per heavy atom. The topological polar surface area (TPSA) is 44.8 Å². The van der Waals surface area contributed by atoms with E-state index < -0.39 is 5.79 Å². The smallest absolute Gasteiger partial charge is 0.338 e. The van der Waals surface area contributed by atoms with Crippen molar-refractivity contribution in [2.75, 3.05) is 24.2 Å². The Morgan fingerprint density at radius 1 is 1.28 bits per heavy atom. The van der Waals surface area contributed by atoms with Gasteiger partial charge in [-0.3, -0.25) is 0 Å². The zero-order valence-corrected chi connectivity index (χ0v) is 12.1. The highest BCUT2D eigenvalue weighted by molar-refractivity contribution is 14.1. The molecule has 0 unspecified atom stereocenters. The molecule has 1 saturated heterocycles. The molecule has 0 bridgehead atoms. The molecule has 0 aliphatic carbocycles. The molecule has 4 nitrogen and oxygen atoms in total. The maximum absolute atomic E-state index is 11.8. The third-order valence-corrected chi connectivity index (χ3v) is 3.82. The first-order valence-corrected chi connectivity index (χ1v) is 7.34. The van der Waals surface area contributed by atoms with Gasteiger partial charge in [0.1, 0.15) is 6.61 Å². The van der Waals surface area contributed by atoms with E-state index in [2.05, 4.69) is 22.6 Å². The fourth-order valence-corrected chi connectivity index (χ4v) is 2.31. The second-order valence-electron chi connectivity index (χ2n) is 4.04. The van der Waals surface area contributed by atoms with Crippen LogP contribution in [0.4, 0.5) is 0 Å². The minimum atomic E-state index is -0.775. The average molecular weight is 362 g/mol. The Kier molecular flexibility index (Phi) is 4.96. The molecule has 1 fully saturated rings. The van der Waals surface area contributed by atoms with Gasteiger partial charge in [0.25, 0.3) is 0 Å². The van der Waals surface area contributed by atoms with Crippen molar-refractivity contribution >= 4 is 28.6 Å². The van der Waals surface area contributed by atoms with Gasteiger partial charge < -0.3 is 14.2 Å². The number of esters is 1. The van der Waals surface area contributed by atoms with E-state index in [1.54, 1.807) is 24.3 Å². The lowest BCUT2D eigenvalue weighted by atomic mass is 10.2. The van der Waals surface area contributed by atoms with Gasteiger partial charge in [-0.15, -0.1) is 0 Å². The lowest BCUT2D eigenvalue weighted by molar-refractivity contribution is -0.265. The summed E-state index contributed by atoms with van der Waals surface area (Å²) in [6.45, 7) is 1.42. The minimum absolute atomic E-state index is 0.129.